The summed E-state index contributed by atoms with van der Waals surface area (Å²) in [6.07, 6.45) is -1.92. The Labute approximate surface area is 186 Å². The number of sulfonamides is 1. The van der Waals surface area contributed by atoms with E-state index in [2.05, 4.69) is 14.7 Å². The molecule has 0 spiro atoms. The molecule has 2 N–H and O–H groups in total. The zero-order valence-corrected chi connectivity index (χ0v) is 17.9. The van der Waals surface area contributed by atoms with Gasteiger partial charge in [0.05, 0.1) is 21.5 Å². The van der Waals surface area contributed by atoms with E-state index in [1.165, 1.54) is 31.3 Å². The Hall–Kier alpha value is -3.50. The highest BCUT2D eigenvalue weighted by atomic mass is 32.2. The summed E-state index contributed by atoms with van der Waals surface area (Å²) in [5.41, 5.74) is 1.17. The van der Waals surface area contributed by atoms with Crippen LogP contribution in [-0.4, -0.2) is 25.4 Å². The van der Waals surface area contributed by atoms with E-state index in [1.807, 2.05) is 0 Å². The SMILES string of the molecule is CNS(=O)(=O)c1ccccc1-c1ccc2nc(C=Cc3ccc(F)c(C(F)(F)F)c3)[nH]c2c1. The van der Waals surface area contributed by atoms with Gasteiger partial charge in [-0.2, -0.15) is 13.2 Å². The summed E-state index contributed by atoms with van der Waals surface area (Å²) in [5.74, 6) is -0.965. The van der Waals surface area contributed by atoms with Crippen molar-refractivity contribution in [1.29, 1.82) is 0 Å². The molecular formula is C23H17F4N3O2S. The first-order valence-corrected chi connectivity index (χ1v) is 11.1. The van der Waals surface area contributed by atoms with Gasteiger partial charge in [0.1, 0.15) is 11.6 Å². The number of halogens is 4. The minimum atomic E-state index is -4.79. The van der Waals surface area contributed by atoms with Crippen molar-refractivity contribution in [2.24, 2.45) is 0 Å². The number of nitrogens with one attached hydrogen (secondary N) is 2. The number of nitrogens with zero attached hydrogens (tertiary/aromatic N) is 1. The molecule has 1 heterocycles. The lowest BCUT2D eigenvalue weighted by Crippen LogP contribution is -2.19. The van der Waals surface area contributed by atoms with E-state index in [-0.39, 0.29) is 10.5 Å². The maximum atomic E-state index is 13.5. The van der Waals surface area contributed by atoms with Crippen LogP contribution in [0, 0.1) is 5.82 Å². The Morgan fingerprint density at radius 3 is 2.48 bits per heavy atom. The molecule has 0 saturated carbocycles. The lowest BCUT2D eigenvalue weighted by atomic mass is 10.1. The van der Waals surface area contributed by atoms with Gasteiger partial charge in [-0.1, -0.05) is 36.4 Å². The lowest BCUT2D eigenvalue weighted by molar-refractivity contribution is -0.140. The second-order valence-corrected chi connectivity index (χ2v) is 8.98. The maximum absolute atomic E-state index is 13.5. The quantitative estimate of drug-likeness (QED) is 0.376. The van der Waals surface area contributed by atoms with Crippen molar-refractivity contribution in [1.82, 2.24) is 14.7 Å². The molecule has 33 heavy (non-hydrogen) atoms. The number of aromatic nitrogens is 2. The Kier molecular flexibility index (Phi) is 5.81. The summed E-state index contributed by atoms with van der Waals surface area (Å²) in [6.45, 7) is 0. The number of H-pyrrole nitrogens is 1. The number of rotatable bonds is 5. The molecule has 4 aromatic rings. The first kappa shape index (κ1) is 22.7. The lowest BCUT2D eigenvalue weighted by Gasteiger charge is -2.09. The molecule has 5 nitrogen and oxygen atoms in total. The van der Waals surface area contributed by atoms with Gasteiger partial charge in [-0.25, -0.2) is 22.5 Å². The van der Waals surface area contributed by atoms with Gasteiger partial charge in [0.2, 0.25) is 10.0 Å². The highest BCUT2D eigenvalue weighted by Crippen LogP contribution is 2.32. The summed E-state index contributed by atoms with van der Waals surface area (Å²) in [6, 6.07) is 14.5. The van der Waals surface area contributed by atoms with Crippen LogP contribution in [0.3, 0.4) is 0 Å². The Morgan fingerprint density at radius 1 is 1.00 bits per heavy atom. The Bertz CT molecular complexity index is 1470. The molecule has 3 aromatic carbocycles. The molecule has 1 aromatic heterocycles. The third kappa shape index (κ3) is 4.67. The summed E-state index contributed by atoms with van der Waals surface area (Å²) in [5, 5.41) is 0. The molecule has 170 valence electrons. The summed E-state index contributed by atoms with van der Waals surface area (Å²) in [7, 11) is -2.34. The summed E-state index contributed by atoms with van der Waals surface area (Å²) in [4.78, 5) is 7.54. The van der Waals surface area contributed by atoms with E-state index in [1.54, 1.807) is 36.4 Å². The zero-order chi connectivity index (χ0) is 23.8. The molecule has 4 rings (SSSR count). The van der Waals surface area contributed by atoms with Crippen LogP contribution in [0.2, 0.25) is 0 Å². The molecule has 0 aliphatic carbocycles. The molecule has 0 atom stereocenters. The minimum Gasteiger partial charge on any atom is -0.338 e. The van der Waals surface area contributed by atoms with Crippen LogP contribution in [0.5, 0.6) is 0 Å². The third-order valence-corrected chi connectivity index (χ3v) is 6.46. The van der Waals surface area contributed by atoms with Gasteiger partial charge in [-0.3, -0.25) is 0 Å². The van der Waals surface area contributed by atoms with E-state index < -0.39 is 27.6 Å². The van der Waals surface area contributed by atoms with Crippen molar-refractivity contribution in [3.63, 3.8) is 0 Å². The highest BCUT2D eigenvalue weighted by Gasteiger charge is 2.34. The highest BCUT2D eigenvalue weighted by molar-refractivity contribution is 7.89. The van der Waals surface area contributed by atoms with E-state index >= 15 is 0 Å². The monoisotopic (exact) mass is 475 g/mol. The van der Waals surface area contributed by atoms with Crippen LogP contribution in [0.4, 0.5) is 17.6 Å². The number of hydrogen-bond donors (Lipinski definition) is 2. The zero-order valence-electron chi connectivity index (χ0n) is 17.1. The molecular weight excluding hydrogens is 458 g/mol. The van der Waals surface area contributed by atoms with Crippen molar-refractivity contribution in [3.05, 3.63) is 83.4 Å². The largest absolute Gasteiger partial charge is 0.419 e. The van der Waals surface area contributed by atoms with Gasteiger partial charge >= 0.3 is 6.18 Å². The second kappa shape index (κ2) is 8.45. The average Bonchev–Trinajstić information content (AvgIpc) is 3.20. The van der Waals surface area contributed by atoms with Crippen molar-refractivity contribution >= 4 is 33.2 Å². The number of fused-ring (bicyclic) bond motifs is 1. The van der Waals surface area contributed by atoms with E-state index in [9.17, 15) is 26.0 Å². The average molecular weight is 475 g/mol. The van der Waals surface area contributed by atoms with E-state index in [4.69, 9.17) is 0 Å². The normalized spacial score (nSPS) is 12.6. The van der Waals surface area contributed by atoms with Crippen LogP contribution in [-0.2, 0) is 16.2 Å². The third-order valence-electron chi connectivity index (χ3n) is 4.99. The van der Waals surface area contributed by atoms with Gasteiger partial charge in [0.25, 0.3) is 0 Å². The van der Waals surface area contributed by atoms with Crippen LogP contribution in [0.25, 0.3) is 34.3 Å². The number of alkyl halides is 3. The van der Waals surface area contributed by atoms with Crippen LogP contribution >= 0.6 is 0 Å². The Morgan fingerprint density at radius 2 is 1.76 bits per heavy atom. The predicted octanol–water partition coefficient (Wildman–Crippen LogP) is 5.47. The molecule has 0 unspecified atom stereocenters. The topological polar surface area (TPSA) is 74.8 Å². The van der Waals surface area contributed by atoms with Crippen molar-refractivity contribution < 1.29 is 26.0 Å². The molecule has 0 fully saturated rings. The van der Waals surface area contributed by atoms with Gasteiger partial charge in [0, 0.05) is 5.56 Å². The van der Waals surface area contributed by atoms with Crippen LogP contribution in [0.1, 0.15) is 17.0 Å². The number of benzene rings is 3. The van der Waals surface area contributed by atoms with Gasteiger partial charge < -0.3 is 4.98 Å². The Balaban J connectivity index is 1.68. The van der Waals surface area contributed by atoms with Crippen LogP contribution in [0.15, 0.2) is 65.6 Å². The van der Waals surface area contributed by atoms with Crippen molar-refractivity contribution in [2.75, 3.05) is 7.05 Å². The molecule has 0 aliphatic heterocycles. The van der Waals surface area contributed by atoms with Crippen molar-refractivity contribution in [2.45, 2.75) is 11.1 Å². The second-order valence-electron chi connectivity index (χ2n) is 7.13. The van der Waals surface area contributed by atoms with E-state index in [0.29, 0.717) is 28.0 Å². The van der Waals surface area contributed by atoms with Crippen molar-refractivity contribution in [3.8, 4) is 11.1 Å². The van der Waals surface area contributed by atoms with Gasteiger partial charge in [0.15, 0.2) is 0 Å². The minimum absolute atomic E-state index is 0.128. The van der Waals surface area contributed by atoms with Crippen LogP contribution < -0.4 is 4.72 Å². The fourth-order valence-corrected chi connectivity index (χ4v) is 4.32. The molecule has 0 saturated heterocycles. The first-order valence-electron chi connectivity index (χ1n) is 9.66. The predicted molar refractivity (Wildman–Crippen MR) is 118 cm³/mol. The standard InChI is InChI=1S/C23H17F4N3O2S/c1-28-33(31,32)21-5-3-2-4-16(21)15-8-10-19-20(13-15)30-22(29-19)11-7-14-6-9-18(24)17(12-14)23(25,26)27/h2-13,28H,1H3,(H,29,30). The summed E-state index contributed by atoms with van der Waals surface area (Å²) < 4.78 is 79.2. The fraction of sp³-hybridized carbons (Fsp3) is 0.0870. The maximum Gasteiger partial charge on any atom is 0.419 e. The number of imidazole rings is 1. The fourth-order valence-electron chi connectivity index (χ4n) is 3.36. The molecule has 10 heteroatoms. The summed E-state index contributed by atoms with van der Waals surface area (Å²) >= 11 is 0. The van der Waals surface area contributed by atoms with E-state index in [0.717, 1.165) is 12.1 Å². The smallest absolute Gasteiger partial charge is 0.338 e. The van der Waals surface area contributed by atoms with Gasteiger partial charge in [-0.15, -0.1) is 0 Å². The number of aromatic amines is 1. The molecule has 0 bridgehead atoms. The first-order chi connectivity index (χ1) is 15.6. The molecule has 0 radical (unpaired) electrons. The molecule has 0 aliphatic rings. The molecule has 0 amide bonds. The number of hydrogen-bond acceptors (Lipinski definition) is 3. The van der Waals surface area contributed by atoms with Gasteiger partial charge in [-0.05, 0) is 54.6 Å².